The Morgan fingerprint density at radius 2 is 1.12 bits per heavy atom. The number of hydrogen-bond donors (Lipinski definition) is 2. The van der Waals surface area contributed by atoms with Crippen molar-refractivity contribution < 1.29 is 14.6 Å². The fourth-order valence-corrected chi connectivity index (χ4v) is 3.71. The van der Waals surface area contributed by atoms with Gasteiger partial charge in [-0.3, -0.25) is 0 Å². The quantitative estimate of drug-likeness (QED) is 0.290. The SMILES string of the molecule is C[C@@H](NCc1cc(OCc2ccccc2)cc(OCc2ccccc2)c1)[C@@H](O)c1ccccc1. The van der Waals surface area contributed by atoms with Gasteiger partial charge in [-0.1, -0.05) is 91.0 Å². The van der Waals surface area contributed by atoms with Crippen LogP contribution in [0.5, 0.6) is 11.5 Å². The van der Waals surface area contributed by atoms with Gasteiger partial charge in [0.05, 0.1) is 6.10 Å². The van der Waals surface area contributed by atoms with Gasteiger partial charge in [0.1, 0.15) is 24.7 Å². The van der Waals surface area contributed by atoms with Crippen LogP contribution in [0.3, 0.4) is 0 Å². The lowest BCUT2D eigenvalue weighted by molar-refractivity contribution is 0.135. The molecule has 0 aromatic heterocycles. The number of rotatable bonds is 11. The van der Waals surface area contributed by atoms with E-state index in [0.29, 0.717) is 19.8 Å². The molecule has 0 aliphatic heterocycles. The molecule has 0 fully saturated rings. The number of benzene rings is 4. The number of hydrogen-bond acceptors (Lipinski definition) is 4. The van der Waals surface area contributed by atoms with Crippen molar-refractivity contribution in [1.82, 2.24) is 5.32 Å². The summed E-state index contributed by atoms with van der Waals surface area (Å²) in [6, 6.07) is 35.8. The predicted molar refractivity (Wildman–Crippen MR) is 136 cm³/mol. The van der Waals surface area contributed by atoms with Crippen LogP contribution in [-0.4, -0.2) is 11.1 Å². The maximum atomic E-state index is 10.7. The lowest BCUT2D eigenvalue weighted by Crippen LogP contribution is -2.31. The minimum Gasteiger partial charge on any atom is -0.489 e. The van der Waals surface area contributed by atoms with Crippen LogP contribution in [0.25, 0.3) is 0 Å². The third-order valence-corrected chi connectivity index (χ3v) is 5.68. The zero-order valence-corrected chi connectivity index (χ0v) is 19.4. The Balaban J connectivity index is 1.45. The highest BCUT2D eigenvalue weighted by molar-refractivity contribution is 5.39. The van der Waals surface area contributed by atoms with E-state index in [1.165, 1.54) is 0 Å². The molecular weight excluding hydrogens is 422 g/mol. The first-order chi connectivity index (χ1) is 16.7. The van der Waals surface area contributed by atoms with Crippen molar-refractivity contribution in [3.05, 3.63) is 131 Å². The summed E-state index contributed by atoms with van der Waals surface area (Å²) in [5, 5.41) is 14.1. The van der Waals surface area contributed by atoms with E-state index in [4.69, 9.17) is 9.47 Å². The Morgan fingerprint density at radius 1 is 0.647 bits per heavy atom. The molecule has 2 atom stereocenters. The van der Waals surface area contributed by atoms with Gasteiger partial charge in [-0.15, -0.1) is 0 Å². The summed E-state index contributed by atoms with van der Waals surface area (Å²) in [6.07, 6.45) is -0.590. The molecule has 0 saturated carbocycles. The molecule has 174 valence electrons. The van der Waals surface area contributed by atoms with Crippen LogP contribution in [0.2, 0.25) is 0 Å². The average molecular weight is 454 g/mol. The fourth-order valence-electron chi connectivity index (χ4n) is 3.71. The summed E-state index contributed by atoms with van der Waals surface area (Å²) < 4.78 is 12.2. The maximum absolute atomic E-state index is 10.7. The Bertz CT molecular complexity index is 1070. The highest BCUT2D eigenvalue weighted by Crippen LogP contribution is 2.25. The second-order valence-corrected chi connectivity index (χ2v) is 8.39. The Kier molecular flexibility index (Phi) is 8.33. The van der Waals surface area contributed by atoms with E-state index in [2.05, 4.69) is 5.32 Å². The molecule has 2 N–H and O–H groups in total. The molecule has 0 heterocycles. The van der Waals surface area contributed by atoms with Gasteiger partial charge in [0.15, 0.2) is 0 Å². The van der Waals surface area contributed by atoms with E-state index in [1.807, 2.05) is 116 Å². The van der Waals surface area contributed by atoms with Gasteiger partial charge in [0.2, 0.25) is 0 Å². The lowest BCUT2D eigenvalue weighted by atomic mass is 10.0. The summed E-state index contributed by atoms with van der Waals surface area (Å²) >= 11 is 0. The third-order valence-electron chi connectivity index (χ3n) is 5.68. The van der Waals surface area contributed by atoms with Crippen LogP contribution in [0.15, 0.2) is 109 Å². The fraction of sp³-hybridized carbons (Fsp3) is 0.200. The second-order valence-electron chi connectivity index (χ2n) is 8.39. The van der Waals surface area contributed by atoms with Crippen LogP contribution in [0.4, 0.5) is 0 Å². The molecule has 0 spiro atoms. The van der Waals surface area contributed by atoms with E-state index in [1.54, 1.807) is 0 Å². The average Bonchev–Trinajstić information content (AvgIpc) is 2.90. The largest absolute Gasteiger partial charge is 0.489 e. The summed E-state index contributed by atoms with van der Waals surface area (Å²) in [5.41, 5.74) is 4.14. The maximum Gasteiger partial charge on any atom is 0.123 e. The van der Waals surface area contributed by atoms with Gasteiger partial charge in [0.25, 0.3) is 0 Å². The Labute approximate surface area is 201 Å². The van der Waals surface area contributed by atoms with Crippen molar-refractivity contribution in [2.24, 2.45) is 0 Å². The van der Waals surface area contributed by atoms with Gasteiger partial charge >= 0.3 is 0 Å². The smallest absolute Gasteiger partial charge is 0.123 e. The first-order valence-electron chi connectivity index (χ1n) is 11.6. The van der Waals surface area contributed by atoms with Crippen LogP contribution in [0, 0.1) is 0 Å². The third kappa shape index (κ3) is 6.95. The zero-order chi connectivity index (χ0) is 23.6. The molecule has 0 saturated heterocycles. The van der Waals surface area contributed by atoms with Gasteiger partial charge in [-0.2, -0.15) is 0 Å². The molecule has 4 aromatic carbocycles. The first kappa shape index (κ1) is 23.6. The van der Waals surface area contributed by atoms with Gasteiger partial charge in [-0.05, 0) is 41.3 Å². The standard InChI is InChI=1S/C30H31NO3/c1-23(30(32)27-15-9-4-10-16-27)31-20-26-17-28(33-21-24-11-5-2-6-12-24)19-29(18-26)34-22-25-13-7-3-8-14-25/h2-19,23,30-32H,20-22H2,1H3/t23-,30-/m1/s1. The summed E-state index contributed by atoms with van der Waals surface area (Å²) in [6.45, 7) is 3.54. The van der Waals surface area contributed by atoms with Crippen molar-refractivity contribution in [3.63, 3.8) is 0 Å². The minimum absolute atomic E-state index is 0.120. The first-order valence-corrected chi connectivity index (χ1v) is 11.6. The number of aliphatic hydroxyl groups is 1. The molecule has 0 amide bonds. The van der Waals surface area contributed by atoms with E-state index in [9.17, 15) is 5.11 Å². The highest BCUT2D eigenvalue weighted by Gasteiger charge is 2.16. The molecule has 4 rings (SSSR count). The molecule has 0 unspecified atom stereocenters. The van der Waals surface area contributed by atoms with E-state index in [0.717, 1.165) is 33.8 Å². The molecule has 34 heavy (non-hydrogen) atoms. The number of nitrogens with one attached hydrogen (secondary N) is 1. The molecule has 0 aliphatic carbocycles. The number of ether oxygens (including phenoxy) is 2. The normalized spacial score (nSPS) is 12.6. The highest BCUT2D eigenvalue weighted by atomic mass is 16.5. The topological polar surface area (TPSA) is 50.7 Å². The number of aliphatic hydroxyl groups excluding tert-OH is 1. The van der Waals surface area contributed by atoms with E-state index in [-0.39, 0.29) is 6.04 Å². The minimum atomic E-state index is -0.590. The summed E-state index contributed by atoms with van der Waals surface area (Å²) in [5.74, 6) is 1.50. The van der Waals surface area contributed by atoms with Crippen LogP contribution in [0.1, 0.15) is 35.3 Å². The van der Waals surface area contributed by atoms with Crippen molar-refractivity contribution in [2.75, 3.05) is 0 Å². The predicted octanol–water partition coefficient (Wildman–Crippen LogP) is 6.06. The lowest BCUT2D eigenvalue weighted by Gasteiger charge is -2.21. The van der Waals surface area contributed by atoms with Crippen molar-refractivity contribution in [3.8, 4) is 11.5 Å². The molecule has 4 aromatic rings. The van der Waals surface area contributed by atoms with Crippen molar-refractivity contribution in [1.29, 1.82) is 0 Å². The van der Waals surface area contributed by atoms with Crippen molar-refractivity contribution in [2.45, 2.75) is 38.8 Å². The van der Waals surface area contributed by atoms with Crippen molar-refractivity contribution >= 4 is 0 Å². The molecule has 4 nitrogen and oxygen atoms in total. The van der Waals surface area contributed by atoms with E-state index >= 15 is 0 Å². The van der Waals surface area contributed by atoms with Gasteiger partial charge < -0.3 is 19.9 Å². The van der Waals surface area contributed by atoms with E-state index < -0.39 is 6.10 Å². The Hall–Kier alpha value is -3.60. The van der Waals surface area contributed by atoms with Crippen LogP contribution >= 0.6 is 0 Å². The van der Waals surface area contributed by atoms with Crippen LogP contribution < -0.4 is 14.8 Å². The zero-order valence-electron chi connectivity index (χ0n) is 19.4. The molecule has 4 heteroatoms. The van der Waals surface area contributed by atoms with Gasteiger partial charge in [0, 0.05) is 18.7 Å². The summed E-state index contributed by atoms with van der Waals surface area (Å²) in [4.78, 5) is 0. The van der Waals surface area contributed by atoms with Gasteiger partial charge in [-0.25, -0.2) is 0 Å². The molecule has 0 radical (unpaired) electrons. The molecule has 0 bridgehead atoms. The monoisotopic (exact) mass is 453 g/mol. The van der Waals surface area contributed by atoms with Crippen LogP contribution in [-0.2, 0) is 19.8 Å². The molecule has 0 aliphatic rings. The Morgan fingerprint density at radius 3 is 1.62 bits per heavy atom. The molecular formula is C30H31NO3. The second kappa shape index (κ2) is 12.0. The summed E-state index contributed by atoms with van der Waals surface area (Å²) in [7, 11) is 0.